The number of thiazole rings is 1. The maximum Gasteiger partial charge on any atom is 0.257 e. The Balaban J connectivity index is 1.52. The summed E-state index contributed by atoms with van der Waals surface area (Å²) in [5.41, 5.74) is 1.36. The van der Waals surface area contributed by atoms with E-state index in [-0.39, 0.29) is 40.9 Å². The summed E-state index contributed by atoms with van der Waals surface area (Å²) in [5, 5.41) is 23.9. The molecular weight excluding hydrogens is 462 g/mol. The zero-order valence-corrected chi connectivity index (χ0v) is 21.5. The third-order valence-corrected chi connectivity index (χ3v) is 9.04. The summed E-state index contributed by atoms with van der Waals surface area (Å²) < 4.78 is 0. The first-order chi connectivity index (χ1) is 16.7. The molecule has 1 fully saturated rings. The summed E-state index contributed by atoms with van der Waals surface area (Å²) >= 11 is 1.51. The summed E-state index contributed by atoms with van der Waals surface area (Å²) in [7, 11) is 1.72. The van der Waals surface area contributed by atoms with E-state index in [1.807, 2.05) is 6.92 Å². The number of aromatic nitrogens is 2. The predicted octanol–water partition coefficient (Wildman–Crippen LogP) is 3.85. The van der Waals surface area contributed by atoms with E-state index >= 15 is 0 Å². The molecule has 2 aromatic heterocycles. The minimum Gasteiger partial charge on any atom is -0.392 e. The van der Waals surface area contributed by atoms with Crippen molar-refractivity contribution in [2.45, 2.75) is 58.5 Å². The molecule has 35 heavy (non-hydrogen) atoms. The average Bonchev–Trinajstić information content (AvgIpc) is 3.24. The molecule has 4 rings (SSSR count). The molecule has 1 saturated carbocycles. The second-order valence-corrected chi connectivity index (χ2v) is 11.4. The average molecular weight is 496 g/mol. The number of amides is 2. The van der Waals surface area contributed by atoms with Crippen LogP contribution in [0.2, 0.25) is 0 Å². The Morgan fingerprint density at radius 3 is 2.80 bits per heavy atom. The van der Waals surface area contributed by atoms with Gasteiger partial charge in [0, 0.05) is 48.3 Å². The maximum absolute atomic E-state index is 13.0. The van der Waals surface area contributed by atoms with E-state index in [1.165, 1.54) is 11.3 Å². The normalized spacial score (nSPS) is 28.2. The van der Waals surface area contributed by atoms with Crippen molar-refractivity contribution >= 4 is 28.3 Å². The molecule has 0 aromatic carbocycles. The van der Waals surface area contributed by atoms with Crippen molar-refractivity contribution in [3.05, 3.63) is 40.7 Å². The number of carbonyl (C=O) groups excluding carboxylic acids is 2. The third kappa shape index (κ3) is 4.82. The molecule has 0 saturated heterocycles. The van der Waals surface area contributed by atoms with Crippen molar-refractivity contribution in [1.82, 2.24) is 14.9 Å². The van der Waals surface area contributed by atoms with E-state index in [0.29, 0.717) is 23.7 Å². The van der Waals surface area contributed by atoms with Crippen molar-refractivity contribution in [3.63, 3.8) is 0 Å². The highest BCUT2D eigenvalue weighted by molar-refractivity contribution is 7.15. The van der Waals surface area contributed by atoms with E-state index in [2.05, 4.69) is 30.2 Å². The van der Waals surface area contributed by atoms with Gasteiger partial charge in [0.15, 0.2) is 5.13 Å². The number of hydrogen-bond donors (Lipinski definition) is 2. The molecule has 0 radical (unpaired) electrons. The monoisotopic (exact) mass is 495 g/mol. The van der Waals surface area contributed by atoms with E-state index in [4.69, 9.17) is 10.2 Å². The second-order valence-electron chi connectivity index (χ2n) is 10.3. The number of nitriles is 1. The molecule has 2 aromatic rings. The predicted molar refractivity (Wildman–Crippen MR) is 134 cm³/mol. The van der Waals surface area contributed by atoms with Crippen molar-refractivity contribution in [2.75, 3.05) is 18.9 Å². The van der Waals surface area contributed by atoms with Crippen LogP contribution in [0.15, 0.2) is 24.5 Å². The van der Waals surface area contributed by atoms with Crippen LogP contribution in [-0.2, 0) is 11.2 Å². The van der Waals surface area contributed by atoms with Gasteiger partial charge in [-0.2, -0.15) is 5.26 Å². The third-order valence-electron chi connectivity index (χ3n) is 8.05. The van der Waals surface area contributed by atoms with Crippen molar-refractivity contribution in [2.24, 2.45) is 23.2 Å². The van der Waals surface area contributed by atoms with Gasteiger partial charge >= 0.3 is 0 Å². The van der Waals surface area contributed by atoms with Gasteiger partial charge in [0.25, 0.3) is 5.91 Å². The van der Waals surface area contributed by atoms with Gasteiger partial charge in [0.05, 0.1) is 24.3 Å². The van der Waals surface area contributed by atoms with E-state index in [1.54, 1.807) is 36.5 Å². The molecule has 8 nitrogen and oxygen atoms in total. The van der Waals surface area contributed by atoms with Gasteiger partial charge in [0.2, 0.25) is 5.91 Å². The first-order valence-corrected chi connectivity index (χ1v) is 13.0. The fraction of sp³-hybridized carbons (Fsp3) is 0.577. The van der Waals surface area contributed by atoms with Gasteiger partial charge in [-0.1, -0.05) is 20.8 Å². The van der Waals surface area contributed by atoms with E-state index < -0.39 is 6.10 Å². The summed E-state index contributed by atoms with van der Waals surface area (Å²) in [5.74, 6) is -0.729. The Morgan fingerprint density at radius 2 is 2.11 bits per heavy atom. The van der Waals surface area contributed by atoms with Crippen LogP contribution in [0.25, 0.3) is 0 Å². The number of fused-ring (bicyclic) bond motifs is 2. The lowest BCUT2D eigenvalue weighted by Crippen LogP contribution is -2.53. The number of hydrogen-bond acceptors (Lipinski definition) is 7. The summed E-state index contributed by atoms with van der Waals surface area (Å²) in [6.07, 6.45) is 5.33. The molecule has 2 aliphatic carbocycles. The van der Waals surface area contributed by atoms with Gasteiger partial charge in [0.1, 0.15) is 0 Å². The van der Waals surface area contributed by atoms with Crippen LogP contribution in [0.4, 0.5) is 5.13 Å². The molecule has 0 unspecified atom stereocenters. The van der Waals surface area contributed by atoms with Gasteiger partial charge < -0.3 is 10.0 Å². The molecule has 186 valence electrons. The number of anilines is 1. The maximum atomic E-state index is 13.0. The van der Waals surface area contributed by atoms with Crippen LogP contribution in [0.3, 0.4) is 0 Å². The Bertz CT molecular complexity index is 1130. The molecule has 2 heterocycles. The molecule has 2 amide bonds. The fourth-order valence-electron chi connectivity index (χ4n) is 6.13. The Hall–Kier alpha value is -2.83. The lowest BCUT2D eigenvalue weighted by Gasteiger charge is -2.53. The largest absolute Gasteiger partial charge is 0.392 e. The zero-order chi connectivity index (χ0) is 25.3. The molecule has 0 bridgehead atoms. The number of nitrogens with zero attached hydrogens (tertiary/aromatic N) is 4. The second kappa shape index (κ2) is 10.0. The summed E-state index contributed by atoms with van der Waals surface area (Å²) in [6.45, 7) is 6.63. The number of aliphatic hydroxyl groups excluding tert-OH is 1. The molecule has 6 atom stereocenters. The van der Waals surface area contributed by atoms with Crippen LogP contribution in [0.5, 0.6) is 0 Å². The Labute approximate surface area is 210 Å². The summed E-state index contributed by atoms with van der Waals surface area (Å²) in [6, 6.07) is 5.41. The number of rotatable bonds is 6. The minimum absolute atomic E-state index is 0.00278. The number of carbonyl (C=O) groups is 2. The van der Waals surface area contributed by atoms with Crippen molar-refractivity contribution < 1.29 is 14.7 Å². The van der Waals surface area contributed by atoms with Gasteiger partial charge in [-0.25, -0.2) is 4.98 Å². The van der Waals surface area contributed by atoms with Crippen LogP contribution >= 0.6 is 11.3 Å². The van der Waals surface area contributed by atoms with Crippen molar-refractivity contribution in [1.29, 1.82) is 5.26 Å². The number of pyridine rings is 1. The minimum atomic E-state index is -0.628. The van der Waals surface area contributed by atoms with Crippen LogP contribution in [-0.4, -0.2) is 51.5 Å². The lowest BCUT2D eigenvalue weighted by molar-refractivity contribution is -0.143. The highest BCUT2D eigenvalue weighted by Gasteiger charge is 2.54. The highest BCUT2D eigenvalue weighted by Crippen LogP contribution is 2.57. The molecule has 0 spiro atoms. The van der Waals surface area contributed by atoms with Crippen LogP contribution in [0, 0.1) is 34.5 Å². The first kappa shape index (κ1) is 25.3. The Kier molecular flexibility index (Phi) is 7.25. The standard InChI is InChI=1S/C26H33N5O3S/c1-15(24(34)31(4)13-5-10-27)18-6-9-26(3)14-19-21(16(2)20(26)22(18)32)29-25(35-19)30-23(33)17-7-11-28-12-8-17/h7-8,11-12,15-16,18,20,22,32H,5-6,9,13-14H2,1-4H3,(H,29,30,33)/t15-,16+,18-,20+,22-,26+/m0/s1. The Morgan fingerprint density at radius 1 is 1.40 bits per heavy atom. The van der Waals surface area contributed by atoms with Gasteiger partial charge in [-0.15, -0.1) is 11.3 Å². The highest BCUT2D eigenvalue weighted by atomic mass is 32.1. The van der Waals surface area contributed by atoms with Crippen molar-refractivity contribution in [3.8, 4) is 6.07 Å². The summed E-state index contributed by atoms with van der Waals surface area (Å²) in [4.78, 5) is 37.1. The molecule has 2 aliphatic rings. The first-order valence-electron chi connectivity index (χ1n) is 12.2. The fourth-order valence-corrected chi connectivity index (χ4v) is 7.39. The zero-order valence-electron chi connectivity index (χ0n) is 20.7. The molecule has 9 heteroatoms. The topological polar surface area (TPSA) is 119 Å². The molecule has 0 aliphatic heterocycles. The van der Waals surface area contributed by atoms with Crippen LogP contribution < -0.4 is 5.32 Å². The van der Waals surface area contributed by atoms with Crippen LogP contribution in [0.1, 0.15) is 66.9 Å². The van der Waals surface area contributed by atoms with Gasteiger partial charge in [-0.05, 0) is 48.6 Å². The van der Waals surface area contributed by atoms with E-state index in [0.717, 1.165) is 29.8 Å². The SMILES string of the molecule is C[C@H](C(=O)N(C)CCC#N)[C@@H]1CC[C@]2(C)Cc3sc(NC(=O)c4ccncc4)nc3[C@H](C)[C@@H]2[C@H]1O. The van der Waals surface area contributed by atoms with E-state index in [9.17, 15) is 14.7 Å². The molecule has 2 N–H and O–H groups in total. The smallest absolute Gasteiger partial charge is 0.257 e. The number of aliphatic hydroxyl groups is 1. The number of nitrogens with one attached hydrogen (secondary N) is 1. The quantitative estimate of drug-likeness (QED) is 0.628. The lowest BCUT2D eigenvalue weighted by atomic mass is 9.53. The van der Waals surface area contributed by atoms with Gasteiger partial charge in [-0.3, -0.25) is 19.9 Å². The molecular formula is C26H33N5O3S.